The number of nitrogen functional groups attached to an aromatic ring is 1. The number of aldehydes is 1. The van der Waals surface area contributed by atoms with Gasteiger partial charge in [0.2, 0.25) is 0 Å². The van der Waals surface area contributed by atoms with E-state index < -0.39 is 46.0 Å². The Hall–Kier alpha value is -3.42. The molecule has 15 heteroatoms. The summed E-state index contributed by atoms with van der Waals surface area (Å²) in [5.74, 6) is 0.475. The van der Waals surface area contributed by atoms with Crippen molar-refractivity contribution in [2.75, 3.05) is 26.0 Å². The van der Waals surface area contributed by atoms with Gasteiger partial charge in [0.1, 0.15) is 30.1 Å². The minimum atomic E-state index is -3.09. The normalized spacial score (nSPS) is 21.0. The third-order valence-corrected chi connectivity index (χ3v) is 7.56. The molecule has 4 atom stereocenters. The summed E-state index contributed by atoms with van der Waals surface area (Å²) in [4.78, 5) is 22.8. The molecule has 0 saturated carbocycles. The second-order valence-corrected chi connectivity index (χ2v) is 10.9. The molecule has 1 aliphatic heterocycles. The van der Waals surface area contributed by atoms with E-state index in [1.807, 2.05) is 44.2 Å². The van der Waals surface area contributed by atoms with Crippen LogP contribution in [-0.2, 0) is 18.8 Å². The number of fused-ring (bicyclic) bond motifs is 2. The lowest BCUT2D eigenvalue weighted by Gasteiger charge is -2.29. The van der Waals surface area contributed by atoms with Crippen molar-refractivity contribution >= 4 is 42.6 Å². The van der Waals surface area contributed by atoms with Crippen molar-refractivity contribution < 1.29 is 36.5 Å². The van der Waals surface area contributed by atoms with Crippen LogP contribution in [0.2, 0.25) is 0 Å². The summed E-state index contributed by atoms with van der Waals surface area (Å²) in [7, 11) is -0.351. The standard InChI is InChI=1S/C23H22F3N6O4P.C4H10O/c24-17-10-23(22(25)26,35-21(17)32-13-30-18-19(27)28-12-29-20(18)32)11-34-37(31-7-8-33)36-16-6-5-14-3-1-2-4-15(14)9-16;1-4(2)5-3/h1-6,8-9,12-13,17,21-22,31H,7,10-11H2,(H2,27,28,29);4H,1-3H3. The number of rotatable bonds is 11. The van der Waals surface area contributed by atoms with Crippen molar-refractivity contribution in [3.63, 3.8) is 0 Å². The zero-order chi connectivity index (χ0) is 30.3. The van der Waals surface area contributed by atoms with Gasteiger partial charge in [0, 0.05) is 13.5 Å². The number of methoxy groups -OCH3 is 1. The van der Waals surface area contributed by atoms with Crippen molar-refractivity contribution in [3.05, 3.63) is 55.1 Å². The molecule has 0 amide bonds. The van der Waals surface area contributed by atoms with Crippen molar-refractivity contribution in [2.45, 2.75) is 50.8 Å². The van der Waals surface area contributed by atoms with Gasteiger partial charge in [-0.05, 0) is 36.8 Å². The molecular formula is C27H32F3N6O5P. The van der Waals surface area contributed by atoms with Crippen LogP contribution in [0.3, 0.4) is 0 Å². The molecule has 5 rings (SSSR count). The SMILES string of the molecule is COC(C)C.Nc1ncnc2c1ncn2C1OC(COP(NCC=O)Oc2ccc3ccccc3c2)(C(F)F)CC1F. The Morgan fingerprint density at radius 3 is 2.64 bits per heavy atom. The molecule has 3 heterocycles. The molecule has 4 aromatic rings. The first kappa shape index (κ1) is 31.5. The van der Waals surface area contributed by atoms with Gasteiger partial charge in [-0.15, -0.1) is 0 Å². The second-order valence-electron chi connectivity index (χ2n) is 9.62. The van der Waals surface area contributed by atoms with E-state index in [2.05, 4.69) is 20.0 Å². The van der Waals surface area contributed by atoms with E-state index in [0.29, 0.717) is 18.1 Å². The second kappa shape index (κ2) is 14.2. The van der Waals surface area contributed by atoms with Crippen LogP contribution < -0.4 is 15.3 Å². The average molecular weight is 609 g/mol. The third kappa shape index (κ3) is 7.31. The molecule has 11 nitrogen and oxygen atoms in total. The van der Waals surface area contributed by atoms with Gasteiger partial charge < -0.3 is 29.0 Å². The first-order chi connectivity index (χ1) is 20.2. The van der Waals surface area contributed by atoms with E-state index in [-0.39, 0.29) is 23.5 Å². The van der Waals surface area contributed by atoms with E-state index in [9.17, 15) is 13.6 Å². The molecule has 3 N–H and O–H groups in total. The van der Waals surface area contributed by atoms with Crippen LogP contribution in [-0.4, -0.2) is 70.4 Å². The number of benzene rings is 2. The summed E-state index contributed by atoms with van der Waals surface area (Å²) < 4.78 is 66.8. The lowest BCUT2D eigenvalue weighted by atomic mass is 10.0. The summed E-state index contributed by atoms with van der Waals surface area (Å²) in [6.45, 7) is 3.16. The quantitative estimate of drug-likeness (QED) is 0.177. The highest BCUT2D eigenvalue weighted by atomic mass is 31.2. The Labute approximate surface area is 241 Å². The Kier molecular flexibility index (Phi) is 10.6. The lowest BCUT2D eigenvalue weighted by Crippen LogP contribution is -2.42. The van der Waals surface area contributed by atoms with Gasteiger partial charge in [0.25, 0.3) is 6.43 Å². The Morgan fingerprint density at radius 2 is 1.95 bits per heavy atom. The van der Waals surface area contributed by atoms with E-state index in [0.717, 1.165) is 17.1 Å². The first-order valence-electron chi connectivity index (χ1n) is 13.0. The fourth-order valence-electron chi connectivity index (χ4n) is 4.08. The van der Waals surface area contributed by atoms with Crippen LogP contribution in [0, 0.1) is 0 Å². The fraction of sp³-hybridized carbons (Fsp3) is 0.407. The molecule has 1 fully saturated rings. The number of alkyl halides is 3. The molecular weight excluding hydrogens is 576 g/mol. The predicted molar refractivity (Wildman–Crippen MR) is 152 cm³/mol. The first-order valence-corrected chi connectivity index (χ1v) is 14.2. The molecule has 0 bridgehead atoms. The number of ether oxygens (including phenoxy) is 2. The molecule has 42 heavy (non-hydrogen) atoms. The highest BCUT2D eigenvalue weighted by Gasteiger charge is 2.55. The molecule has 2 aromatic heterocycles. The van der Waals surface area contributed by atoms with Crippen molar-refractivity contribution in [1.29, 1.82) is 0 Å². The van der Waals surface area contributed by atoms with Crippen LogP contribution in [0.1, 0.15) is 26.5 Å². The number of nitrogens with two attached hydrogens (primary N) is 1. The molecule has 0 radical (unpaired) electrons. The van der Waals surface area contributed by atoms with E-state index >= 15 is 4.39 Å². The van der Waals surface area contributed by atoms with Crippen LogP contribution in [0.4, 0.5) is 19.0 Å². The topological polar surface area (TPSA) is 136 Å². The number of imidazole rings is 1. The number of hydrogen-bond donors (Lipinski definition) is 2. The van der Waals surface area contributed by atoms with E-state index in [1.54, 1.807) is 19.2 Å². The van der Waals surface area contributed by atoms with Crippen molar-refractivity contribution in [1.82, 2.24) is 24.6 Å². The summed E-state index contributed by atoms with van der Waals surface area (Å²) in [5.41, 5.74) is 3.85. The Balaban J connectivity index is 0.000000748. The Morgan fingerprint density at radius 1 is 1.21 bits per heavy atom. The van der Waals surface area contributed by atoms with Gasteiger partial charge in [-0.2, -0.15) is 0 Å². The third-order valence-electron chi connectivity index (χ3n) is 6.37. The maximum absolute atomic E-state index is 15.1. The van der Waals surface area contributed by atoms with Gasteiger partial charge in [-0.3, -0.25) is 4.57 Å². The minimum absolute atomic E-state index is 0.0679. The van der Waals surface area contributed by atoms with Crippen molar-refractivity contribution in [3.8, 4) is 5.75 Å². The number of carbonyl (C=O) groups excluding carboxylic acids is 1. The smallest absolute Gasteiger partial charge is 0.318 e. The zero-order valence-corrected chi connectivity index (χ0v) is 24.1. The number of aromatic nitrogens is 4. The molecule has 0 aliphatic carbocycles. The maximum Gasteiger partial charge on any atom is 0.318 e. The van der Waals surface area contributed by atoms with Crippen LogP contribution in [0.15, 0.2) is 55.1 Å². The number of carbonyl (C=O) groups is 1. The molecule has 0 spiro atoms. The number of anilines is 1. The van der Waals surface area contributed by atoms with Crippen LogP contribution in [0.25, 0.3) is 21.9 Å². The fourth-order valence-corrected chi connectivity index (χ4v) is 5.15. The maximum atomic E-state index is 15.1. The summed E-state index contributed by atoms with van der Waals surface area (Å²) in [6, 6.07) is 12.9. The average Bonchev–Trinajstić information content (AvgIpc) is 3.56. The highest BCUT2D eigenvalue weighted by Crippen LogP contribution is 2.46. The summed E-state index contributed by atoms with van der Waals surface area (Å²) in [6.07, 6.45) is -3.64. The largest absolute Gasteiger partial charge is 0.436 e. The van der Waals surface area contributed by atoms with Gasteiger partial charge in [-0.1, -0.05) is 30.3 Å². The number of nitrogens with zero attached hydrogens (tertiary/aromatic N) is 4. The molecule has 1 aliphatic rings. The van der Waals surface area contributed by atoms with Crippen LogP contribution in [0.5, 0.6) is 5.75 Å². The molecule has 226 valence electrons. The number of hydrogen-bond acceptors (Lipinski definition) is 10. The van der Waals surface area contributed by atoms with E-state index in [4.69, 9.17) is 24.3 Å². The van der Waals surface area contributed by atoms with Gasteiger partial charge >= 0.3 is 8.53 Å². The monoisotopic (exact) mass is 608 g/mol. The molecule has 1 saturated heterocycles. The number of halogens is 3. The highest BCUT2D eigenvalue weighted by molar-refractivity contribution is 7.45. The van der Waals surface area contributed by atoms with Crippen LogP contribution >= 0.6 is 8.53 Å². The van der Waals surface area contributed by atoms with Gasteiger partial charge in [-0.25, -0.2) is 33.2 Å². The predicted octanol–water partition coefficient (Wildman–Crippen LogP) is 4.97. The van der Waals surface area contributed by atoms with Gasteiger partial charge in [0.15, 0.2) is 23.3 Å². The summed E-state index contributed by atoms with van der Waals surface area (Å²) >= 11 is 0. The lowest BCUT2D eigenvalue weighted by molar-refractivity contribution is -0.166. The van der Waals surface area contributed by atoms with E-state index in [1.165, 1.54) is 10.9 Å². The van der Waals surface area contributed by atoms with Gasteiger partial charge in [0.05, 0.1) is 25.6 Å². The minimum Gasteiger partial charge on any atom is -0.436 e. The van der Waals surface area contributed by atoms with Crippen molar-refractivity contribution in [2.24, 2.45) is 0 Å². The molecule has 2 aromatic carbocycles. The Bertz CT molecular complexity index is 1480. The molecule has 4 unspecified atom stereocenters. The zero-order valence-electron chi connectivity index (χ0n) is 23.2. The summed E-state index contributed by atoms with van der Waals surface area (Å²) in [5, 5.41) is 4.62. The number of nitrogens with one attached hydrogen (secondary N) is 1.